The number of piperidine rings is 1. The molecule has 2 aromatic rings. The molecule has 30 heavy (non-hydrogen) atoms. The minimum absolute atomic E-state index is 0.473. The Morgan fingerprint density at radius 1 is 1.20 bits per heavy atom. The topological polar surface area (TPSA) is 61.8 Å². The summed E-state index contributed by atoms with van der Waals surface area (Å²) in [6.45, 7) is 7.84. The number of benzene rings is 1. The van der Waals surface area contributed by atoms with Gasteiger partial charge in [0.25, 0.3) is 0 Å². The lowest BCUT2D eigenvalue weighted by atomic mass is 10.1. The maximum Gasteiger partial charge on any atom is 0.191 e. The molecule has 0 bridgehead atoms. The maximum atomic E-state index is 5.16. The van der Waals surface area contributed by atoms with Gasteiger partial charge in [0, 0.05) is 57.7 Å². The fraction of sp³-hybridized carbons (Fsp3) is 0.500. The molecule has 1 aliphatic heterocycles. The number of ether oxygens (including phenoxy) is 1. The Bertz CT molecular complexity index is 772. The van der Waals surface area contributed by atoms with Crippen LogP contribution in [0.5, 0.6) is 0 Å². The summed E-state index contributed by atoms with van der Waals surface area (Å²) in [6.07, 6.45) is 5.23. The second-order valence-electron chi connectivity index (χ2n) is 7.72. The lowest BCUT2D eigenvalue weighted by Crippen LogP contribution is -2.48. The number of pyridine rings is 1. The molecule has 0 atom stereocenters. The molecule has 1 aromatic heterocycles. The van der Waals surface area contributed by atoms with Gasteiger partial charge in [-0.25, -0.2) is 4.99 Å². The van der Waals surface area contributed by atoms with E-state index < -0.39 is 0 Å². The molecule has 1 aromatic carbocycles. The summed E-state index contributed by atoms with van der Waals surface area (Å²) in [4.78, 5) is 11.8. The Balaban J connectivity index is 1.54. The summed E-state index contributed by atoms with van der Waals surface area (Å²) < 4.78 is 5.16. The third kappa shape index (κ3) is 7.11. The van der Waals surface area contributed by atoms with E-state index in [1.54, 1.807) is 7.11 Å². The summed E-state index contributed by atoms with van der Waals surface area (Å²) in [7, 11) is 1.77. The molecule has 1 aliphatic rings. The van der Waals surface area contributed by atoms with Crippen molar-refractivity contribution in [3.05, 3.63) is 54.2 Å². The number of hydrogen-bond donors (Lipinski definition) is 2. The normalized spacial score (nSPS) is 15.9. The Morgan fingerprint density at radius 3 is 2.80 bits per heavy atom. The lowest BCUT2D eigenvalue weighted by Gasteiger charge is -2.33. The van der Waals surface area contributed by atoms with Crippen molar-refractivity contribution in [3.8, 4) is 11.3 Å². The Morgan fingerprint density at radius 2 is 2.07 bits per heavy atom. The van der Waals surface area contributed by atoms with Crippen molar-refractivity contribution in [3.63, 3.8) is 0 Å². The van der Waals surface area contributed by atoms with Gasteiger partial charge in [0.2, 0.25) is 0 Å². The molecule has 0 spiro atoms. The molecular formula is C24H35N5O. The van der Waals surface area contributed by atoms with Crippen LogP contribution in [-0.4, -0.2) is 61.8 Å². The summed E-state index contributed by atoms with van der Waals surface area (Å²) in [5.41, 5.74) is 3.30. The number of nitrogens with zero attached hydrogens (tertiary/aromatic N) is 3. The smallest absolute Gasteiger partial charge is 0.191 e. The molecule has 0 unspecified atom stereocenters. The molecule has 2 heterocycles. The van der Waals surface area contributed by atoms with Gasteiger partial charge >= 0.3 is 0 Å². The second kappa shape index (κ2) is 12.3. The van der Waals surface area contributed by atoms with Crippen molar-refractivity contribution in [2.24, 2.45) is 4.99 Å². The van der Waals surface area contributed by atoms with Gasteiger partial charge in [0.15, 0.2) is 5.96 Å². The van der Waals surface area contributed by atoms with Crippen LogP contribution in [0, 0.1) is 0 Å². The van der Waals surface area contributed by atoms with Gasteiger partial charge in [-0.05, 0) is 49.9 Å². The standard InChI is InChI=1S/C24H35N5O/c1-3-25-24(28-22-11-15-29(16-12-22)14-7-17-30-2)27-19-20-8-6-9-21(18-20)23-10-4-5-13-26-23/h4-6,8-10,13,18,22H,3,7,11-12,14-17,19H2,1-2H3,(H2,25,27,28). The van der Waals surface area contributed by atoms with Gasteiger partial charge < -0.3 is 20.3 Å². The molecule has 1 saturated heterocycles. The molecule has 2 N–H and O–H groups in total. The third-order valence-corrected chi connectivity index (χ3v) is 5.40. The van der Waals surface area contributed by atoms with Gasteiger partial charge in [-0.3, -0.25) is 4.98 Å². The first-order chi connectivity index (χ1) is 14.8. The molecule has 0 radical (unpaired) electrons. The summed E-state index contributed by atoms with van der Waals surface area (Å²) in [6, 6.07) is 14.9. The highest BCUT2D eigenvalue weighted by Gasteiger charge is 2.19. The molecule has 0 saturated carbocycles. The van der Waals surface area contributed by atoms with Crippen molar-refractivity contribution in [1.29, 1.82) is 0 Å². The first-order valence-electron chi connectivity index (χ1n) is 11.0. The van der Waals surface area contributed by atoms with E-state index in [1.807, 2.05) is 24.4 Å². The minimum atomic E-state index is 0.473. The van der Waals surface area contributed by atoms with E-state index >= 15 is 0 Å². The van der Waals surface area contributed by atoms with Crippen molar-refractivity contribution in [2.75, 3.05) is 39.9 Å². The first kappa shape index (κ1) is 22.2. The third-order valence-electron chi connectivity index (χ3n) is 5.40. The zero-order chi connectivity index (χ0) is 21.0. The molecule has 6 nitrogen and oxygen atoms in total. The predicted molar refractivity (Wildman–Crippen MR) is 124 cm³/mol. The van der Waals surface area contributed by atoms with Crippen LogP contribution in [0.25, 0.3) is 11.3 Å². The minimum Gasteiger partial charge on any atom is -0.385 e. The number of rotatable bonds is 9. The number of likely N-dealkylation sites (tertiary alicyclic amines) is 1. The maximum absolute atomic E-state index is 5.16. The Labute approximate surface area is 180 Å². The van der Waals surface area contributed by atoms with E-state index in [-0.39, 0.29) is 0 Å². The monoisotopic (exact) mass is 409 g/mol. The lowest BCUT2D eigenvalue weighted by molar-refractivity contribution is 0.155. The van der Waals surface area contributed by atoms with E-state index in [2.05, 4.69) is 51.7 Å². The van der Waals surface area contributed by atoms with Crippen LogP contribution < -0.4 is 10.6 Å². The summed E-state index contributed by atoms with van der Waals surface area (Å²) in [5.74, 6) is 0.901. The largest absolute Gasteiger partial charge is 0.385 e. The average Bonchev–Trinajstić information content (AvgIpc) is 2.80. The number of aromatic nitrogens is 1. The van der Waals surface area contributed by atoms with Gasteiger partial charge in [0.1, 0.15) is 0 Å². The second-order valence-corrected chi connectivity index (χ2v) is 7.72. The quantitative estimate of drug-likeness (QED) is 0.378. The zero-order valence-corrected chi connectivity index (χ0v) is 18.3. The number of methoxy groups -OCH3 is 1. The fourth-order valence-electron chi connectivity index (χ4n) is 3.78. The Kier molecular flexibility index (Phi) is 9.12. The summed E-state index contributed by atoms with van der Waals surface area (Å²) >= 11 is 0. The van der Waals surface area contributed by atoms with E-state index in [1.165, 1.54) is 5.56 Å². The van der Waals surface area contributed by atoms with E-state index in [0.29, 0.717) is 12.6 Å². The van der Waals surface area contributed by atoms with Crippen molar-refractivity contribution >= 4 is 5.96 Å². The molecule has 1 fully saturated rings. The first-order valence-corrected chi connectivity index (χ1v) is 11.0. The van der Waals surface area contributed by atoms with Gasteiger partial charge in [-0.1, -0.05) is 24.3 Å². The molecule has 162 valence electrons. The van der Waals surface area contributed by atoms with Crippen LogP contribution in [0.1, 0.15) is 31.7 Å². The van der Waals surface area contributed by atoms with E-state index in [4.69, 9.17) is 9.73 Å². The van der Waals surface area contributed by atoms with Crippen LogP contribution in [0.4, 0.5) is 0 Å². The highest BCUT2D eigenvalue weighted by Crippen LogP contribution is 2.18. The highest BCUT2D eigenvalue weighted by molar-refractivity contribution is 5.80. The molecular weight excluding hydrogens is 374 g/mol. The van der Waals surface area contributed by atoms with Crippen LogP contribution in [0.15, 0.2) is 53.7 Å². The fourth-order valence-corrected chi connectivity index (χ4v) is 3.78. The number of hydrogen-bond acceptors (Lipinski definition) is 4. The predicted octanol–water partition coefficient (Wildman–Crippen LogP) is 3.30. The highest BCUT2D eigenvalue weighted by atomic mass is 16.5. The van der Waals surface area contributed by atoms with Crippen LogP contribution in [0.3, 0.4) is 0 Å². The van der Waals surface area contributed by atoms with Gasteiger partial charge in [0.05, 0.1) is 12.2 Å². The van der Waals surface area contributed by atoms with E-state index in [9.17, 15) is 0 Å². The molecule has 0 aliphatic carbocycles. The van der Waals surface area contributed by atoms with Gasteiger partial charge in [-0.15, -0.1) is 0 Å². The zero-order valence-electron chi connectivity index (χ0n) is 18.3. The van der Waals surface area contributed by atoms with Crippen molar-refractivity contribution in [2.45, 2.75) is 38.8 Å². The molecule has 3 rings (SSSR count). The van der Waals surface area contributed by atoms with Crippen LogP contribution >= 0.6 is 0 Å². The number of aliphatic imine (C=N–C) groups is 1. The molecule has 6 heteroatoms. The molecule has 0 amide bonds. The number of guanidine groups is 1. The van der Waals surface area contributed by atoms with Crippen LogP contribution in [0.2, 0.25) is 0 Å². The van der Waals surface area contributed by atoms with Crippen molar-refractivity contribution < 1.29 is 4.74 Å². The number of nitrogens with one attached hydrogen (secondary N) is 2. The average molecular weight is 410 g/mol. The Hall–Kier alpha value is -2.44. The van der Waals surface area contributed by atoms with Crippen molar-refractivity contribution in [1.82, 2.24) is 20.5 Å². The SMILES string of the molecule is CCNC(=NCc1cccc(-c2ccccn2)c1)NC1CCN(CCCOC)CC1. The van der Waals surface area contributed by atoms with Crippen LogP contribution in [-0.2, 0) is 11.3 Å². The van der Waals surface area contributed by atoms with Gasteiger partial charge in [-0.2, -0.15) is 0 Å². The van der Waals surface area contributed by atoms with E-state index in [0.717, 1.165) is 69.3 Å². The summed E-state index contributed by atoms with van der Waals surface area (Å²) in [5, 5.41) is 7.03.